The van der Waals surface area contributed by atoms with Gasteiger partial charge < -0.3 is 15.2 Å². The summed E-state index contributed by atoms with van der Waals surface area (Å²) in [6, 6.07) is 19.3. The summed E-state index contributed by atoms with van der Waals surface area (Å²) < 4.78 is 8.35. The van der Waals surface area contributed by atoms with Crippen LogP contribution < -0.4 is 10.9 Å². The Morgan fingerprint density at radius 3 is 2.27 bits per heavy atom. The molecule has 1 amide bonds. The largest absolute Gasteiger partial charge is 0.507 e. The van der Waals surface area contributed by atoms with E-state index in [-0.39, 0.29) is 17.0 Å². The lowest BCUT2D eigenvalue weighted by atomic mass is 10.1. The van der Waals surface area contributed by atoms with E-state index in [2.05, 4.69) is 5.32 Å². The fraction of sp³-hybridized carbons (Fsp3) is 0.160. The van der Waals surface area contributed by atoms with E-state index >= 15 is 0 Å². The molecule has 1 atom stereocenters. The maximum absolute atomic E-state index is 13.0. The molecule has 0 bridgehead atoms. The number of nitrogens with zero attached hydrogens (tertiary/aromatic N) is 2. The summed E-state index contributed by atoms with van der Waals surface area (Å²) in [6.45, 7) is 3.11. The highest BCUT2D eigenvalue weighted by Crippen LogP contribution is 2.26. The number of benzene rings is 3. The molecule has 4 aromatic rings. The summed E-state index contributed by atoms with van der Waals surface area (Å²) in [6.07, 6.45) is -1.20. The first-order valence-corrected chi connectivity index (χ1v) is 10.4. The van der Waals surface area contributed by atoms with Crippen LogP contribution in [0.3, 0.4) is 0 Å². The third-order valence-electron chi connectivity index (χ3n) is 5.54. The molecule has 0 saturated carbocycles. The number of rotatable bonds is 5. The number of amides is 1. The fourth-order valence-corrected chi connectivity index (χ4v) is 3.61. The van der Waals surface area contributed by atoms with Crippen LogP contribution in [0.5, 0.6) is 5.75 Å². The van der Waals surface area contributed by atoms with Gasteiger partial charge in [0.1, 0.15) is 17.0 Å². The second kappa shape index (κ2) is 8.66. The van der Waals surface area contributed by atoms with Gasteiger partial charge in [0.05, 0.1) is 11.4 Å². The van der Waals surface area contributed by atoms with Crippen molar-refractivity contribution in [1.82, 2.24) is 9.36 Å². The Balaban J connectivity index is 1.54. The Bertz CT molecular complexity index is 1420. The summed E-state index contributed by atoms with van der Waals surface area (Å²) in [5, 5.41) is 14.3. The molecule has 4 rings (SSSR count). The van der Waals surface area contributed by atoms with Gasteiger partial charge in [0.25, 0.3) is 11.5 Å². The number of anilines is 1. The van der Waals surface area contributed by atoms with E-state index in [4.69, 9.17) is 4.74 Å². The first-order valence-electron chi connectivity index (χ1n) is 10.4. The summed E-state index contributed by atoms with van der Waals surface area (Å²) in [4.78, 5) is 38.3. The third kappa shape index (κ3) is 4.10. The van der Waals surface area contributed by atoms with Crippen molar-refractivity contribution in [1.29, 1.82) is 0 Å². The number of ether oxygens (including phenoxy) is 1. The smallest absolute Gasteiger partial charge is 0.342 e. The van der Waals surface area contributed by atoms with Gasteiger partial charge in [-0.15, -0.1) is 0 Å². The Morgan fingerprint density at radius 2 is 1.61 bits per heavy atom. The SMILES string of the molecule is Cc1c(NC(=O)[C@H](C)OC(=O)c2cc3ccccc3cc2O)c(=O)n(-c2ccccc2)n1C. The fourth-order valence-electron chi connectivity index (χ4n) is 3.61. The topological polar surface area (TPSA) is 103 Å². The zero-order chi connectivity index (χ0) is 23.7. The van der Waals surface area contributed by atoms with Gasteiger partial charge >= 0.3 is 5.97 Å². The maximum atomic E-state index is 13.0. The predicted octanol–water partition coefficient (Wildman–Crippen LogP) is 3.53. The Morgan fingerprint density at radius 1 is 1.00 bits per heavy atom. The number of phenolic OH excluding ortho intramolecular Hbond substituents is 1. The molecule has 3 aromatic carbocycles. The average Bonchev–Trinajstić information content (AvgIpc) is 3.02. The zero-order valence-electron chi connectivity index (χ0n) is 18.4. The van der Waals surface area contributed by atoms with Gasteiger partial charge in [-0.05, 0) is 48.9 Å². The number of nitrogens with one attached hydrogen (secondary N) is 1. The average molecular weight is 445 g/mol. The van der Waals surface area contributed by atoms with Crippen molar-refractivity contribution in [3.8, 4) is 11.4 Å². The lowest BCUT2D eigenvalue weighted by Crippen LogP contribution is -2.32. The molecule has 0 aliphatic carbocycles. The molecule has 1 aromatic heterocycles. The minimum absolute atomic E-state index is 0.0457. The molecule has 2 N–H and O–H groups in total. The second-order valence-electron chi connectivity index (χ2n) is 7.69. The molecule has 8 heteroatoms. The van der Waals surface area contributed by atoms with Gasteiger partial charge in [0.15, 0.2) is 6.10 Å². The minimum Gasteiger partial charge on any atom is -0.507 e. The van der Waals surface area contributed by atoms with Gasteiger partial charge in [-0.3, -0.25) is 14.3 Å². The summed E-state index contributed by atoms with van der Waals surface area (Å²) in [5.41, 5.74) is 0.849. The van der Waals surface area contributed by atoms with Crippen molar-refractivity contribution >= 4 is 28.3 Å². The summed E-state index contributed by atoms with van der Waals surface area (Å²) in [5.74, 6) is -1.74. The standard InChI is InChI=1S/C25H23N3O5/c1-15-22(24(31)28(27(15)3)19-11-5-4-6-12-19)26-23(30)16(2)33-25(32)20-13-17-9-7-8-10-18(17)14-21(20)29/h4-14,16,29H,1-3H3,(H,26,30)/t16-/m0/s1. The van der Waals surface area contributed by atoms with Crippen molar-refractivity contribution in [2.24, 2.45) is 7.05 Å². The second-order valence-corrected chi connectivity index (χ2v) is 7.69. The highest BCUT2D eigenvalue weighted by atomic mass is 16.5. The lowest BCUT2D eigenvalue weighted by molar-refractivity contribution is -0.123. The summed E-state index contributed by atoms with van der Waals surface area (Å²) in [7, 11) is 1.71. The molecular formula is C25H23N3O5. The Labute approximate surface area is 189 Å². The first kappa shape index (κ1) is 21.9. The number of para-hydroxylation sites is 1. The number of carbonyl (C=O) groups excluding carboxylic acids is 2. The molecule has 33 heavy (non-hydrogen) atoms. The van der Waals surface area contributed by atoms with Crippen molar-refractivity contribution < 1.29 is 19.4 Å². The van der Waals surface area contributed by atoms with Gasteiger partial charge in [0, 0.05) is 7.05 Å². The van der Waals surface area contributed by atoms with Crippen LogP contribution in [0, 0.1) is 6.92 Å². The number of aromatic hydroxyl groups is 1. The normalized spacial score (nSPS) is 11.8. The van der Waals surface area contributed by atoms with Crippen LogP contribution in [-0.2, 0) is 16.6 Å². The van der Waals surface area contributed by atoms with E-state index in [0.29, 0.717) is 11.4 Å². The molecule has 0 aliphatic rings. The van der Waals surface area contributed by atoms with E-state index in [1.807, 2.05) is 36.4 Å². The van der Waals surface area contributed by atoms with Crippen molar-refractivity contribution in [3.05, 3.63) is 88.3 Å². The zero-order valence-corrected chi connectivity index (χ0v) is 18.4. The molecule has 0 radical (unpaired) electrons. The molecular weight excluding hydrogens is 422 g/mol. The third-order valence-corrected chi connectivity index (χ3v) is 5.54. The Hall–Kier alpha value is -4.33. The minimum atomic E-state index is -1.20. The highest BCUT2D eigenvalue weighted by Gasteiger charge is 2.24. The predicted molar refractivity (Wildman–Crippen MR) is 125 cm³/mol. The van der Waals surface area contributed by atoms with Crippen molar-refractivity contribution in [2.45, 2.75) is 20.0 Å². The maximum Gasteiger partial charge on any atom is 0.342 e. The van der Waals surface area contributed by atoms with E-state index in [9.17, 15) is 19.5 Å². The van der Waals surface area contributed by atoms with Gasteiger partial charge in [-0.1, -0.05) is 42.5 Å². The quantitative estimate of drug-likeness (QED) is 0.458. The number of hydrogen-bond acceptors (Lipinski definition) is 5. The summed E-state index contributed by atoms with van der Waals surface area (Å²) >= 11 is 0. The molecule has 8 nitrogen and oxygen atoms in total. The van der Waals surface area contributed by atoms with Crippen LogP contribution in [0.1, 0.15) is 23.0 Å². The monoisotopic (exact) mass is 445 g/mol. The molecule has 0 spiro atoms. The number of aromatic nitrogens is 2. The number of phenols is 1. The van der Waals surface area contributed by atoms with Gasteiger partial charge in [0.2, 0.25) is 0 Å². The molecule has 168 valence electrons. The number of fused-ring (bicyclic) bond motifs is 1. The molecule has 0 unspecified atom stereocenters. The van der Waals surface area contributed by atoms with Gasteiger partial charge in [-0.25, -0.2) is 9.48 Å². The molecule has 0 fully saturated rings. The van der Waals surface area contributed by atoms with E-state index in [1.165, 1.54) is 23.7 Å². The van der Waals surface area contributed by atoms with Crippen molar-refractivity contribution in [3.63, 3.8) is 0 Å². The van der Waals surface area contributed by atoms with E-state index in [1.54, 1.807) is 36.9 Å². The number of esters is 1. The van der Waals surface area contributed by atoms with Crippen LogP contribution in [0.2, 0.25) is 0 Å². The molecule has 0 aliphatic heterocycles. The highest BCUT2D eigenvalue weighted by molar-refractivity contribution is 6.01. The van der Waals surface area contributed by atoms with E-state index in [0.717, 1.165) is 10.8 Å². The van der Waals surface area contributed by atoms with Crippen molar-refractivity contribution in [2.75, 3.05) is 5.32 Å². The lowest BCUT2D eigenvalue weighted by Gasteiger charge is -2.14. The van der Waals surface area contributed by atoms with Crippen LogP contribution in [0.25, 0.3) is 16.5 Å². The molecule has 0 saturated heterocycles. The van der Waals surface area contributed by atoms with Crippen LogP contribution in [0.15, 0.2) is 71.5 Å². The number of carbonyl (C=O) groups is 2. The van der Waals surface area contributed by atoms with Gasteiger partial charge in [-0.2, -0.15) is 0 Å². The van der Waals surface area contributed by atoms with Crippen LogP contribution in [0.4, 0.5) is 5.69 Å². The number of hydrogen-bond donors (Lipinski definition) is 2. The van der Waals surface area contributed by atoms with E-state index < -0.39 is 23.5 Å². The molecule has 1 heterocycles. The Kier molecular flexibility index (Phi) is 5.74. The van der Waals surface area contributed by atoms with Crippen LogP contribution >= 0.6 is 0 Å². The van der Waals surface area contributed by atoms with Crippen LogP contribution in [-0.4, -0.2) is 32.5 Å². The first-order chi connectivity index (χ1) is 15.8.